The van der Waals surface area contributed by atoms with E-state index in [-0.39, 0.29) is 32.0 Å². The van der Waals surface area contributed by atoms with Crippen LogP contribution in [0.4, 0.5) is 0 Å². The first kappa shape index (κ1) is 66.0. The molecule has 0 rings (SSSR count). The van der Waals surface area contributed by atoms with E-state index in [0.717, 1.165) is 32.1 Å². The van der Waals surface area contributed by atoms with Gasteiger partial charge < -0.3 is 27.9 Å². The van der Waals surface area contributed by atoms with Gasteiger partial charge in [-0.25, -0.2) is 0 Å². The molecule has 0 saturated heterocycles. The summed E-state index contributed by atoms with van der Waals surface area (Å²) < 4.78 is 34.2. The molecule has 0 fully saturated rings. The van der Waals surface area contributed by atoms with Gasteiger partial charge in [0.1, 0.15) is 19.8 Å². The zero-order valence-electron chi connectivity index (χ0n) is 45.4. The number of quaternary nitrogens is 1. The third-order valence-electron chi connectivity index (χ3n) is 13.4. The Kier molecular flexibility index (Phi) is 49.2. The van der Waals surface area contributed by atoms with Crippen molar-refractivity contribution in [1.29, 1.82) is 0 Å². The Labute approximate surface area is 416 Å². The van der Waals surface area contributed by atoms with Gasteiger partial charge in [-0.2, -0.15) is 0 Å². The van der Waals surface area contributed by atoms with E-state index in [1.54, 1.807) is 0 Å². The van der Waals surface area contributed by atoms with Crippen molar-refractivity contribution in [3.05, 3.63) is 0 Å². The first-order valence-electron chi connectivity index (χ1n) is 29.2. The maximum atomic E-state index is 12.8. The number of unbranched alkanes of at least 4 members (excludes halogenated alkanes) is 41. The molecule has 0 N–H and O–H groups in total. The minimum Gasteiger partial charge on any atom is -0.756 e. The van der Waals surface area contributed by atoms with E-state index in [4.69, 9.17) is 18.5 Å². The molecule has 0 radical (unpaired) electrons. The number of rotatable bonds is 55. The van der Waals surface area contributed by atoms with Crippen LogP contribution in [0, 0.1) is 0 Å². The minimum absolute atomic E-state index is 0.0251. The third kappa shape index (κ3) is 54.2. The average Bonchev–Trinajstić information content (AvgIpc) is 3.29. The second-order valence-corrected chi connectivity index (χ2v) is 22.8. The van der Waals surface area contributed by atoms with Gasteiger partial charge in [0.2, 0.25) is 0 Å². The van der Waals surface area contributed by atoms with Crippen LogP contribution in [-0.2, 0) is 32.7 Å². The van der Waals surface area contributed by atoms with Crippen LogP contribution in [0.3, 0.4) is 0 Å². The average molecular weight is 973 g/mol. The lowest BCUT2D eigenvalue weighted by Gasteiger charge is -2.28. The predicted molar refractivity (Wildman–Crippen MR) is 282 cm³/mol. The summed E-state index contributed by atoms with van der Waals surface area (Å²) in [6, 6.07) is 0. The van der Waals surface area contributed by atoms with Crippen LogP contribution >= 0.6 is 7.82 Å². The summed E-state index contributed by atoms with van der Waals surface area (Å²) >= 11 is 0. The number of nitrogens with zero attached hydrogens (tertiary/aromatic N) is 1. The van der Waals surface area contributed by atoms with Gasteiger partial charge >= 0.3 is 11.9 Å². The molecule has 400 valence electrons. The molecule has 9 nitrogen and oxygen atoms in total. The molecule has 2 unspecified atom stereocenters. The lowest BCUT2D eigenvalue weighted by molar-refractivity contribution is -0.870. The fourth-order valence-electron chi connectivity index (χ4n) is 8.84. The molecule has 0 aliphatic carbocycles. The molecule has 0 aromatic heterocycles. The van der Waals surface area contributed by atoms with E-state index < -0.39 is 26.5 Å². The summed E-state index contributed by atoms with van der Waals surface area (Å²) in [6.45, 7) is 4.31. The van der Waals surface area contributed by atoms with E-state index in [9.17, 15) is 19.0 Å². The van der Waals surface area contributed by atoms with Gasteiger partial charge in [0.05, 0.1) is 27.7 Å². The highest BCUT2D eigenvalue weighted by molar-refractivity contribution is 7.45. The van der Waals surface area contributed by atoms with E-state index in [1.807, 2.05) is 21.1 Å². The van der Waals surface area contributed by atoms with E-state index in [1.165, 1.54) is 238 Å². The molecule has 0 aromatic carbocycles. The SMILES string of the molecule is CCCCCCCCCCCCCCCCCCCCCCCCCCC(=O)OC(COC(=O)CCCCCCCCCCCCCCCCCCCCC)COP(=O)([O-])OCC[N+](C)(C)C. The van der Waals surface area contributed by atoms with Crippen LogP contribution in [-0.4, -0.2) is 70.0 Å². The Balaban J connectivity index is 4.10. The van der Waals surface area contributed by atoms with Crippen LogP contribution in [0.25, 0.3) is 0 Å². The van der Waals surface area contributed by atoms with E-state index >= 15 is 0 Å². The molecule has 0 amide bonds. The van der Waals surface area contributed by atoms with Crippen LogP contribution in [0.1, 0.15) is 303 Å². The van der Waals surface area contributed by atoms with Gasteiger partial charge in [-0.1, -0.05) is 277 Å². The lowest BCUT2D eigenvalue weighted by atomic mass is 10.0. The first-order chi connectivity index (χ1) is 32.5. The van der Waals surface area contributed by atoms with Crippen molar-refractivity contribution in [2.75, 3.05) is 47.5 Å². The number of likely N-dealkylation sites (N-methyl/N-ethyl adjacent to an activating group) is 1. The quantitative estimate of drug-likeness (QED) is 0.0256. The number of hydrogen-bond acceptors (Lipinski definition) is 8. The summed E-state index contributed by atoms with van der Waals surface area (Å²) in [4.78, 5) is 37.8. The number of phosphoric ester groups is 1. The molecular weight excluding hydrogens is 858 g/mol. The second-order valence-electron chi connectivity index (χ2n) is 21.4. The second kappa shape index (κ2) is 50.0. The molecule has 0 saturated carbocycles. The predicted octanol–water partition coefficient (Wildman–Crippen LogP) is 17.2. The number of hydrogen-bond donors (Lipinski definition) is 0. The lowest BCUT2D eigenvalue weighted by Crippen LogP contribution is -2.37. The van der Waals surface area contributed by atoms with Gasteiger partial charge in [-0.05, 0) is 12.8 Å². The highest BCUT2D eigenvalue weighted by Crippen LogP contribution is 2.38. The van der Waals surface area contributed by atoms with Crippen molar-refractivity contribution in [3.63, 3.8) is 0 Å². The normalized spacial score (nSPS) is 13.2. The van der Waals surface area contributed by atoms with Crippen molar-refractivity contribution < 1.29 is 42.1 Å². The molecule has 67 heavy (non-hydrogen) atoms. The number of ether oxygens (including phenoxy) is 2. The fourth-order valence-corrected chi connectivity index (χ4v) is 9.57. The monoisotopic (exact) mass is 972 g/mol. The Morgan fingerprint density at radius 1 is 0.403 bits per heavy atom. The molecule has 0 spiro atoms. The topological polar surface area (TPSA) is 111 Å². The molecule has 0 heterocycles. The summed E-state index contributed by atoms with van der Waals surface area (Å²) in [7, 11) is 1.19. The van der Waals surface area contributed by atoms with Gasteiger partial charge in [-0.3, -0.25) is 14.2 Å². The molecule has 2 atom stereocenters. The van der Waals surface area contributed by atoms with Gasteiger partial charge in [0.25, 0.3) is 7.82 Å². The maximum absolute atomic E-state index is 12.8. The summed E-state index contributed by atoms with van der Waals surface area (Å²) in [5.74, 6) is -0.809. The summed E-state index contributed by atoms with van der Waals surface area (Å²) in [6.07, 6.45) is 55.7. The number of phosphoric acid groups is 1. The largest absolute Gasteiger partial charge is 0.756 e. The van der Waals surface area contributed by atoms with Gasteiger partial charge in [-0.15, -0.1) is 0 Å². The van der Waals surface area contributed by atoms with Crippen molar-refractivity contribution in [1.82, 2.24) is 0 Å². The third-order valence-corrected chi connectivity index (χ3v) is 14.3. The van der Waals surface area contributed by atoms with Crippen molar-refractivity contribution in [3.8, 4) is 0 Å². The van der Waals surface area contributed by atoms with E-state index in [0.29, 0.717) is 17.4 Å². The zero-order chi connectivity index (χ0) is 49.2. The minimum atomic E-state index is -4.63. The maximum Gasteiger partial charge on any atom is 0.306 e. The smallest absolute Gasteiger partial charge is 0.306 e. The molecule has 0 aliphatic rings. The van der Waals surface area contributed by atoms with Crippen molar-refractivity contribution in [2.45, 2.75) is 309 Å². The van der Waals surface area contributed by atoms with Crippen LogP contribution in [0.5, 0.6) is 0 Å². The zero-order valence-corrected chi connectivity index (χ0v) is 46.3. The van der Waals surface area contributed by atoms with Gasteiger partial charge in [0.15, 0.2) is 6.10 Å². The fraction of sp³-hybridized carbons (Fsp3) is 0.965. The Hall–Kier alpha value is -0.990. The van der Waals surface area contributed by atoms with E-state index in [2.05, 4.69) is 13.8 Å². The van der Waals surface area contributed by atoms with Crippen LogP contribution in [0.15, 0.2) is 0 Å². The van der Waals surface area contributed by atoms with Crippen LogP contribution in [0.2, 0.25) is 0 Å². The van der Waals surface area contributed by atoms with Gasteiger partial charge in [0, 0.05) is 12.8 Å². The highest BCUT2D eigenvalue weighted by atomic mass is 31.2. The molecule has 0 aromatic rings. The molecule has 0 bridgehead atoms. The summed E-state index contributed by atoms with van der Waals surface area (Å²) in [5, 5.41) is 0. The number of carbonyl (C=O) groups excluding carboxylic acids is 2. The standard InChI is InChI=1S/C57H114NO8P/c1-6-8-10-12-14-16-18-20-22-24-26-27-28-29-30-32-34-36-38-40-42-44-46-48-50-57(60)66-55(54-65-67(61,62)64-52-51-58(3,4)5)53-63-56(59)49-47-45-43-41-39-37-35-33-31-25-23-21-19-17-15-13-11-9-7-2/h55H,6-54H2,1-5H3. The van der Waals surface area contributed by atoms with Crippen molar-refractivity contribution in [2.24, 2.45) is 0 Å². The Morgan fingerprint density at radius 3 is 0.955 bits per heavy atom. The number of esters is 2. The summed E-state index contributed by atoms with van der Waals surface area (Å²) in [5.41, 5.74) is 0. The van der Waals surface area contributed by atoms with Crippen LogP contribution < -0.4 is 4.89 Å². The van der Waals surface area contributed by atoms with Crippen molar-refractivity contribution >= 4 is 19.8 Å². The molecule has 10 heteroatoms. The Bertz CT molecular complexity index is 1100. The first-order valence-corrected chi connectivity index (χ1v) is 30.7. The molecular formula is C57H114NO8P. The number of carbonyl (C=O) groups is 2. The molecule has 0 aliphatic heterocycles. The highest BCUT2D eigenvalue weighted by Gasteiger charge is 2.22. The Morgan fingerprint density at radius 2 is 0.672 bits per heavy atom.